The number of benzene rings is 1. The van der Waals surface area contributed by atoms with Gasteiger partial charge in [0.15, 0.2) is 0 Å². The van der Waals surface area contributed by atoms with Crippen LogP contribution >= 0.6 is 15.9 Å². The Balaban J connectivity index is 1.92. The van der Waals surface area contributed by atoms with Crippen molar-refractivity contribution in [2.75, 3.05) is 18.4 Å². The number of halogens is 4. The monoisotopic (exact) mass is 350 g/mol. The molecule has 0 atom stereocenters. The van der Waals surface area contributed by atoms with Crippen LogP contribution in [0.15, 0.2) is 22.7 Å². The lowest BCUT2D eigenvalue weighted by atomic mass is 10.2. The highest BCUT2D eigenvalue weighted by Crippen LogP contribution is 2.36. The number of hydrogen-bond donors (Lipinski definition) is 2. The van der Waals surface area contributed by atoms with Crippen molar-refractivity contribution in [3.63, 3.8) is 0 Å². The molecule has 0 aromatic heterocycles. The molecule has 1 amide bonds. The minimum absolute atomic E-state index is 0.0464. The van der Waals surface area contributed by atoms with E-state index in [9.17, 15) is 18.0 Å². The van der Waals surface area contributed by atoms with Crippen molar-refractivity contribution < 1.29 is 18.0 Å². The highest BCUT2D eigenvalue weighted by atomic mass is 79.9. The summed E-state index contributed by atoms with van der Waals surface area (Å²) < 4.78 is 38.1. The molecular formula is C13H14BrF3N2O. The van der Waals surface area contributed by atoms with Crippen LogP contribution in [0.1, 0.15) is 18.4 Å². The van der Waals surface area contributed by atoms with E-state index in [1.807, 2.05) is 0 Å². The van der Waals surface area contributed by atoms with Gasteiger partial charge >= 0.3 is 6.18 Å². The molecule has 20 heavy (non-hydrogen) atoms. The van der Waals surface area contributed by atoms with Gasteiger partial charge in [-0.05, 0) is 43.5 Å². The third kappa shape index (κ3) is 4.49. The summed E-state index contributed by atoms with van der Waals surface area (Å²) in [5, 5.41) is 5.43. The van der Waals surface area contributed by atoms with Crippen LogP contribution in [0.25, 0.3) is 0 Å². The molecule has 0 bridgehead atoms. The Labute approximate surface area is 123 Å². The molecule has 1 aliphatic rings. The van der Waals surface area contributed by atoms with E-state index in [0.29, 0.717) is 5.92 Å². The van der Waals surface area contributed by atoms with Crippen LogP contribution in [-0.2, 0) is 11.0 Å². The molecule has 7 heteroatoms. The first-order valence-corrected chi connectivity index (χ1v) is 7.03. The number of anilines is 1. The fourth-order valence-electron chi connectivity index (χ4n) is 1.74. The first kappa shape index (κ1) is 15.3. The second-order valence-corrected chi connectivity index (χ2v) is 5.67. The molecule has 110 valence electrons. The zero-order chi connectivity index (χ0) is 14.8. The number of amides is 1. The maximum absolute atomic E-state index is 12.7. The molecule has 0 saturated heterocycles. The molecule has 0 spiro atoms. The average Bonchev–Trinajstić information content (AvgIpc) is 3.14. The van der Waals surface area contributed by atoms with Crippen LogP contribution in [0.4, 0.5) is 18.9 Å². The fourth-order valence-corrected chi connectivity index (χ4v) is 2.21. The second-order valence-electron chi connectivity index (χ2n) is 4.81. The van der Waals surface area contributed by atoms with E-state index in [-0.39, 0.29) is 22.6 Å². The van der Waals surface area contributed by atoms with Gasteiger partial charge < -0.3 is 10.6 Å². The summed E-state index contributed by atoms with van der Waals surface area (Å²) >= 11 is 2.85. The zero-order valence-corrected chi connectivity index (χ0v) is 12.1. The summed E-state index contributed by atoms with van der Waals surface area (Å²) in [5.41, 5.74) is -0.667. The van der Waals surface area contributed by atoms with E-state index >= 15 is 0 Å². The van der Waals surface area contributed by atoms with Crippen molar-refractivity contribution >= 4 is 27.5 Å². The van der Waals surface area contributed by atoms with Gasteiger partial charge in [0.25, 0.3) is 0 Å². The van der Waals surface area contributed by atoms with Crippen LogP contribution in [-0.4, -0.2) is 19.0 Å². The first-order chi connectivity index (χ1) is 9.36. The van der Waals surface area contributed by atoms with E-state index < -0.39 is 11.7 Å². The number of nitrogens with one attached hydrogen (secondary N) is 2. The molecule has 1 aromatic rings. The Morgan fingerprint density at radius 1 is 1.35 bits per heavy atom. The van der Waals surface area contributed by atoms with Crippen LogP contribution < -0.4 is 10.6 Å². The van der Waals surface area contributed by atoms with Gasteiger partial charge in [0.05, 0.1) is 12.1 Å². The van der Waals surface area contributed by atoms with E-state index in [1.165, 1.54) is 25.0 Å². The minimum Gasteiger partial charge on any atom is -0.325 e. The molecule has 0 heterocycles. The summed E-state index contributed by atoms with van der Waals surface area (Å²) in [5.74, 6) is 0.299. The normalized spacial score (nSPS) is 15.2. The van der Waals surface area contributed by atoms with Gasteiger partial charge in [-0.2, -0.15) is 13.2 Å². The topological polar surface area (TPSA) is 41.1 Å². The molecule has 1 saturated carbocycles. The van der Waals surface area contributed by atoms with Gasteiger partial charge in [0, 0.05) is 10.2 Å². The van der Waals surface area contributed by atoms with E-state index in [1.54, 1.807) is 0 Å². The number of alkyl halides is 3. The van der Waals surface area contributed by atoms with Crippen LogP contribution in [0.3, 0.4) is 0 Å². The smallest absolute Gasteiger partial charge is 0.325 e. The van der Waals surface area contributed by atoms with Gasteiger partial charge in [-0.15, -0.1) is 0 Å². The molecule has 2 rings (SSSR count). The molecule has 1 fully saturated rings. The molecule has 0 aliphatic heterocycles. The second kappa shape index (κ2) is 6.13. The van der Waals surface area contributed by atoms with Gasteiger partial charge in [0.2, 0.25) is 5.91 Å². The first-order valence-electron chi connectivity index (χ1n) is 6.23. The van der Waals surface area contributed by atoms with Crippen molar-refractivity contribution in [3.8, 4) is 0 Å². The van der Waals surface area contributed by atoms with Crippen LogP contribution in [0.5, 0.6) is 0 Å². The summed E-state index contributed by atoms with van der Waals surface area (Å²) in [6.45, 7) is 0.884. The molecule has 2 N–H and O–H groups in total. The summed E-state index contributed by atoms with van der Waals surface area (Å²) in [6, 6.07) is 3.62. The average molecular weight is 351 g/mol. The number of carbonyl (C=O) groups excluding carboxylic acids is 1. The van der Waals surface area contributed by atoms with Crippen molar-refractivity contribution in [3.05, 3.63) is 28.2 Å². The standard InChI is InChI=1S/C13H14BrF3N2O/c14-11-4-3-9(5-10(11)13(15,16)17)19-12(20)7-18-6-8-1-2-8/h3-5,8,18H,1-2,6-7H2,(H,19,20). The van der Waals surface area contributed by atoms with Gasteiger partial charge in [-0.1, -0.05) is 15.9 Å². The maximum Gasteiger partial charge on any atom is 0.417 e. The maximum atomic E-state index is 12.7. The Hall–Kier alpha value is -1.08. The Morgan fingerprint density at radius 2 is 2.05 bits per heavy atom. The van der Waals surface area contributed by atoms with E-state index in [0.717, 1.165) is 12.6 Å². The third-order valence-corrected chi connectivity index (χ3v) is 3.66. The highest BCUT2D eigenvalue weighted by Gasteiger charge is 2.33. The molecule has 1 aromatic carbocycles. The SMILES string of the molecule is O=C(CNCC1CC1)Nc1ccc(Br)c(C(F)(F)F)c1. The van der Waals surface area contributed by atoms with E-state index in [2.05, 4.69) is 26.6 Å². The van der Waals surface area contributed by atoms with Crippen LogP contribution in [0.2, 0.25) is 0 Å². The Bertz CT molecular complexity index is 501. The number of rotatable bonds is 5. The van der Waals surface area contributed by atoms with Crippen molar-refractivity contribution in [2.24, 2.45) is 5.92 Å². The summed E-state index contributed by atoms with van der Waals surface area (Å²) in [4.78, 5) is 11.6. The van der Waals surface area contributed by atoms with Gasteiger partial charge in [-0.3, -0.25) is 4.79 Å². The quantitative estimate of drug-likeness (QED) is 0.854. The van der Waals surface area contributed by atoms with E-state index in [4.69, 9.17) is 0 Å². The summed E-state index contributed by atoms with van der Waals surface area (Å²) in [7, 11) is 0. The molecular weight excluding hydrogens is 337 g/mol. The predicted octanol–water partition coefficient (Wildman–Crippen LogP) is 3.41. The Morgan fingerprint density at radius 3 is 2.65 bits per heavy atom. The lowest BCUT2D eigenvalue weighted by molar-refractivity contribution is -0.138. The molecule has 3 nitrogen and oxygen atoms in total. The molecule has 0 radical (unpaired) electrons. The van der Waals surface area contributed by atoms with Gasteiger partial charge in [-0.25, -0.2) is 0 Å². The zero-order valence-electron chi connectivity index (χ0n) is 10.6. The minimum atomic E-state index is -4.45. The van der Waals surface area contributed by atoms with Gasteiger partial charge in [0.1, 0.15) is 0 Å². The lowest BCUT2D eigenvalue weighted by Gasteiger charge is -2.12. The van der Waals surface area contributed by atoms with Crippen LogP contribution in [0, 0.1) is 5.92 Å². The molecule has 1 aliphatic carbocycles. The summed E-state index contributed by atoms with van der Waals surface area (Å²) in [6.07, 6.45) is -2.10. The van der Waals surface area contributed by atoms with Crippen molar-refractivity contribution in [2.45, 2.75) is 19.0 Å². The van der Waals surface area contributed by atoms with Crippen molar-refractivity contribution in [1.82, 2.24) is 5.32 Å². The number of hydrogen-bond acceptors (Lipinski definition) is 2. The highest BCUT2D eigenvalue weighted by molar-refractivity contribution is 9.10. The fraction of sp³-hybridized carbons (Fsp3) is 0.462. The number of carbonyl (C=O) groups is 1. The predicted molar refractivity (Wildman–Crippen MR) is 73.4 cm³/mol. The Kier molecular flexibility index (Phi) is 4.70. The lowest BCUT2D eigenvalue weighted by Crippen LogP contribution is -2.29. The largest absolute Gasteiger partial charge is 0.417 e. The third-order valence-electron chi connectivity index (χ3n) is 2.97. The molecule has 0 unspecified atom stereocenters. The van der Waals surface area contributed by atoms with Crippen molar-refractivity contribution in [1.29, 1.82) is 0 Å².